The standard InChI is InChI=1S/C13H19FN4/c1-15-12-10(14)7-16-13(18-12)17-11-6-5-8-3-2-4-9(8)11/h7-9,11H,2-6H2,1H3,(H2,15,16,17,18)/t8-,9-,11-/m0/s1. The lowest BCUT2D eigenvalue weighted by molar-refractivity contribution is 0.434. The van der Waals surface area contributed by atoms with Crippen LogP contribution >= 0.6 is 0 Å². The molecule has 2 aliphatic rings. The highest BCUT2D eigenvalue weighted by Crippen LogP contribution is 2.44. The fourth-order valence-electron chi connectivity index (χ4n) is 3.52. The Morgan fingerprint density at radius 1 is 1.28 bits per heavy atom. The second kappa shape index (κ2) is 4.71. The van der Waals surface area contributed by atoms with E-state index in [-0.39, 0.29) is 5.82 Å². The molecule has 0 aliphatic heterocycles. The maximum Gasteiger partial charge on any atom is 0.225 e. The highest BCUT2D eigenvalue weighted by molar-refractivity contribution is 5.41. The van der Waals surface area contributed by atoms with Crippen LogP contribution in [-0.2, 0) is 0 Å². The summed E-state index contributed by atoms with van der Waals surface area (Å²) in [5, 5.41) is 6.13. The van der Waals surface area contributed by atoms with Crippen LogP contribution in [0.5, 0.6) is 0 Å². The van der Waals surface area contributed by atoms with Crippen molar-refractivity contribution in [1.29, 1.82) is 0 Å². The molecule has 2 fully saturated rings. The van der Waals surface area contributed by atoms with E-state index in [1.165, 1.54) is 38.3 Å². The molecule has 3 atom stereocenters. The minimum atomic E-state index is -0.409. The lowest BCUT2D eigenvalue weighted by atomic mass is 9.98. The Morgan fingerprint density at radius 2 is 2.17 bits per heavy atom. The Hall–Kier alpha value is -1.39. The van der Waals surface area contributed by atoms with E-state index in [0.717, 1.165) is 11.8 Å². The van der Waals surface area contributed by atoms with Crippen LogP contribution in [0.25, 0.3) is 0 Å². The third-order valence-corrected chi connectivity index (χ3v) is 4.38. The van der Waals surface area contributed by atoms with E-state index >= 15 is 0 Å². The van der Waals surface area contributed by atoms with Gasteiger partial charge in [-0.1, -0.05) is 12.8 Å². The lowest BCUT2D eigenvalue weighted by Crippen LogP contribution is -2.25. The molecule has 0 saturated heterocycles. The molecule has 0 unspecified atom stereocenters. The van der Waals surface area contributed by atoms with Crippen molar-refractivity contribution in [3.63, 3.8) is 0 Å². The highest BCUT2D eigenvalue weighted by atomic mass is 19.1. The molecular weight excluding hydrogens is 231 g/mol. The molecule has 0 radical (unpaired) electrons. The Balaban J connectivity index is 1.72. The van der Waals surface area contributed by atoms with Crippen molar-refractivity contribution in [2.45, 2.75) is 38.1 Å². The van der Waals surface area contributed by atoms with Crippen molar-refractivity contribution in [3.05, 3.63) is 12.0 Å². The molecular formula is C13H19FN4. The summed E-state index contributed by atoms with van der Waals surface area (Å²) in [6.07, 6.45) is 7.74. The summed E-state index contributed by atoms with van der Waals surface area (Å²) in [4.78, 5) is 8.19. The largest absolute Gasteiger partial charge is 0.371 e. The van der Waals surface area contributed by atoms with Crippen LogP contribution in [0.2, 0.25) is 0 Å². The van der Waals surface area contributed by atoms with Gasteiger partial charge in [0.05, 0.1) is 6.20 Å². The minimum Gasteiger partial charge on any atom is -0.371 e. The zero-order valence-electron chi connectivity index (χ0n) is 10.6. The van der Waals surface area contributed by atoms with Gasteiger partial charge in [0, 0.05) is 13.1 Å². The predicted molar refractivity (Wildman–Crippen MR) is 69.0 cm³/mol. The van der Waals surface area contributed by atoms with Crippen LogP contribution in [-0.4, -0.2) is 23.1 Å². The summed E-state index contributed by atoms with van der Waals surface area (Å²) in [5.74, 6) is 2.03. The number of rotatable bonds is 3. The molecule has 1 aromatic heterocycles. The zero-order valence-corrected chi connectivity index (χ0v) is 10.6. The molecule has 3 rings (SSSR count). The minimum absolute atomic E-state index is 0.258. The van der Waals surface area contributed by atoms with Gasteiger partial charge in [0.15, 0.2) is 11.6 Å². The van der Waals surface area contributed by atoms with Gasteiger partial charge in [0.25, 0.3) is 0 Å². The van der Waals surface area contributed by atoms with Crippen molar-refractivity contribution in [3.8, 4) is 0 Å². The molecule has 0 aromatic carbocycles. The molecule has 18 heavy (non-hydrogen) atoms. The first-order valence-corrected chi connectivity index (χ1v) is 6.75. The van der Waals surface area contributed by atoms with E-state index < -0.39 is 5.82 Å². The summed E-state index contributed by atoms with van der Waals surface area (Å²) < 4.78 is 13.3. The number of nitrogens with one attached hydrogen (secondary N) is 2. The van der Waals surface area contributed by atoms with Gasteiger partial charge in [-0.25, -0.2) is 9.37 Å². The lowest BCUT2D eigenvalue weighted by Gasteiger charge is -2.20. The maximum absolute atomic E-state index is 13.3. The van der Waals surface area contributed by atoms with Gasteiger partial charge >= 0.3 is 0 Å². The normalized spacial score (nSPS) is 30.2. The molecule has 98 valence electrons. The van der Waals surface area contributed by atoms with Gasteiger partial charge in [-0.15, -0.1) is 0 Å². The average molecular weight is 250 g/mol. The van der Waals surface area contributed by atoms with Crippen molar-refractivity contribution in [2.24, 2.45) is 11.8 Å². The number of hydrogen-bond acceptors (Lipinski definition) is 4. The topological polar surface area (TPSA) is 49.8 Å². The molecule has 0 bridgehead atoms. The van der Waals surface area contributed by atoms with Gasteiger partial charge in [0.2, 0.25) is 5.95 Å². The molecule has 5 heteroatoms. The van der Waals surface area contributed by atoms with Crippen LogP contribution in [0, 0.1) is 17.7 Å². The van der Waals surface area contributed by atoms with E-state index in [1.54, 1.807) is 7.05 Å². The van der Waals surface area contributed by atoms with E-state index in [9.17, 15) is 4.39 Å². The van der Waals surface area contributed by atoms with Crippen molar-refractivity contribution in [1.82, 2.24) is 9.97 Å². The number of anilines is 2. The SMILES string of the molecule is CNc1nc(N[C@H]2CC[C@@H]3CCC[C@@H]32)ncc1F. The second-order valence-corrected chi connectivity index (χ2v) is 5.32. The zero-order chi connectivity index (χ0) is 12.5. The molecule has 1 aromatic rings. The van der Waals surface area contributed by atoms with Crippen LogP contribution < -0.4 is 10.6 Å². The second-order valence-electron chi connectivity index (χ2n) is 5.32. The summed E-state index contributed by atoms with van der Waals surface area (Å²) in [5.41, 5.74) is 0. The molecule has 2 saturated carbocycles. The first kappa shape index (κ1) is 11.7. The van der Waals surface area contributed by atoms with Crippen LogP contribution in [0.4, 0.5) is 16.2 Å². The Labute approximate surface area is 106 Å². The number of aromatic nitrogens is 2. The van der Waals surface area contributed by atoms with Gasteiger partial charge in [-0.2, -0.15) is 4.98 Å². The van der Waals surface area contributed by atoms with Gasteiger partial charge in [-0.05, 0) is 31.1 Å². The molecule has 0 amide bonds. The van der Waals surface area contributed by atoms with E-state index in [1.807, 2.05) is 0 Å². The van der Waals surface area contributed by atoms with E-state index in [0.29, 0.717) is 12.0 Å². The van der Waals surface area contributed by atoms with Gasteiger partial charge < -0.3 is 10.6 Å². The average Bonchev–Trinajstić information content (AvgIpc) is 2.96. The quantitative estimate of drug-likeness (QED) is 0.866. The third-order valence-electron chi connectivity index (χ3n) is 4.38. The monoisotopic (exact) mass is 250 g/mol. The third kappa shape index (κ3) is 2.02. The van der Waals surface area contributed by atoms with Gasteiger partial charge in [0.1, 0.15) is 0 Å². The van der Waals surface area contributed by atoms with E-state index in [4.69, 9.17) is 0 Å². The molecule has 2 aliphatic carbocycles. The van der Waals surface area contributed by atoms with Crippen LogP contribution in [0.3, 0.4) is 0 Å². The number of nitrogens with zero attached hydrogens (tertiary/aromatic N) is 2. The number of fused-ring (bicyclic) bond motifs is 1. The predicted octanol–water partition coefficient (Wildman–Crippen LogP) is 2.65. The fourth-order valence-corrected chi connectivity index (χ4v) is 3.52. The molecule has 1 heterocycles. The van der Waals surface area contributed by atoms with Crippen molar-refractivity contribution >= 4 is 11.8 Å². The Kier molecular flexibility index (Phi) is 3.06. The molecule has 4 nitrogen and oxygen atoms in total. The summed E-state index contributed by atoms with van der Waals surface area (Å²) in [6, 6.07) is 0.465. The first-order chi connectivity index (χ1) is 8.78. The van der Waals surface area contributed by atoms with E-state index in [2.05, 4.69) is 20.6 Å². The Morgan fingerprint density at radius 3 is 3.00 bits per heavy atom. The summed E-state index contributed by atoms with van der Waals surface area (Å²) in [7, 11) is 1.66. The van der Waals surface area contributed by atoms with Crippen molar-refractivity contribution < 1.29 is 4.39 Å². The summed E-state index contributed by atoms with van der Waals surface area (Å²) in [6.45, 7) is 0. The first-order valence-electron chi connectivity index (χ1n) is 6.75. The fraction of sp³-hybridized carbons (Fsp3) is 0.692. The molecule has 2 N–H and O–H groups in total. The number of hydrogen-bond donors (Lipinski definition) is 2. The smallest absolute Gasteiger partial charge is 0.225 e. The van der Waals surface area contributed by atoms with Crippen LogP contribution in [0.1, 0.15) is 32.1 Å². The van der Waals surface area contributed by atoms with Crippen LogP contribution in [0.15, 0.2) is 6.20 Å². The Bertz CT molecular complexity index is 437. The number of halogens is 1. The van der Waals surface area contributed by atoms with Gasteiger partial charge in [-0.3, -0.25) is 0 Å². The molecule has 0 spiro atoms. The maximum atomic E-state index is 13.3. The summed E-state index contributed by atoms with van der Waals surface area (Å²) >= 11 is 0. The highest BCUT2D eigenvalue weighted by Gasteiger charge is 2.39. The van der Waals surface area contributed by atoms with Crippen molar-refractivity contribution in [2.75, 3.05) is 17.7 Å².